The van der Waals surface area contributed by atoms with E-state index in [1.807, 2.05) is 12.3 Å². The van der Waals surface area contributed by atoms with E-state index in [1.54, 1.807) is 10.6 Å². The van der Waals surface area contributed by atoms with Crippen molar-refractivity contribution in [2.24, 2.45) is 7.05 Å². The lowest BCUT2D eigenvalue weighted by molar-refractivity contribution is 0.614. The van der Waals surface area contributed by atoms with Gasteiger partial charge in [0.15, 0.2) is 0 Å². The van der Waals surface area contributed by atoms with Crippen LogP contribution in [0.5, 0.6) is 0 Å². The fraction of sp³-hybridized carbons (Fsp3) is 0.208. The van der Waals surface area contributed by atoms with Crippen molar-refractivity contribution in [3.63, 3.8) is 0 Å². The molecular formula is C24H24ClN3O. The van der Waals surface area contributed by atoms with Gasteiger partial charge in [-0.15, -0.1) is 12.4 Å². The Bertz CT molecular complexity index is 1250. The molecular weight excluding hydrogens is 382 g/mol. The van der Waals surface area contributed by atoms with E-state index in [1.165, 1.54) is 27.7 Å². The smallest absolute Gasteiger partial charge is 0.255 e. The molecule has 0 atom stereocenters. The van der Waals surface area contributed by atoms with Gasteiger partial charge in [-0.25, -0.2) is 0 Å². The second-order valence-electron chi connectivity index (χ2n) is 7.60. The van der Waals surface area contributed by atoms with E-state index in [9.17, 15) is 4.79 Å². The SMILES string of the molecule is Cc1ccc(-c2ccn(-c3ccc4c5c(n(C)c4c3)CNCC5)c(=O)c2)cc1.Cl. The van der Waals surface area contributed by atoms with Crippen LogP contribution in [0, 0.1) is 6.92 Å². The monoisotopic (exact) mass is 405 g/mol. The van der Waals surface area contributed by atoms with Crippen LogP contribution in [0.1, 0.15) is 16.8 Å². The first kappa shape index (κ1) is 19.5. The van der Waals surface area contributed by atoms with Crippen molar-refractivity contribution in [2.45, 2.75) is 19.9 Å². The van der Waals surface area contributed by atoms with Crippen molar-refractivity contribution in [2.75, 3.05) is 6.54 Å². The summed E-state index contributed by atoms with van der Waals surface area (Å²) in [7, 11) is 2.11. The molecule has 0 amide bonds. The zero-order valence-electron chi connectivity index (χ0n) is 16.6. The lowest BCUT2D eigenvalue weighted by Crippen LogP contribution is -2.24. The molecule has 29 heavy (non-hydrogen) atoms. The number of nitrogens with zero attached hydrogens (tertiary/aromatic N) is 2. The summed E-state index contributed by atoms with van der Waals surface area (Å²) in [5.74, 6) is 0. The largest absolute Gasteiger partial charge is 0.346 e. The maximum atomic E-state index is 12.8. The molecule has 0 aliphatic carbocycles. The predicted octanol–water partition coefficient (Wildman–Crippen LogP) is 4.37. The average molecular weight is 406 g/mol. The standard InChI is InChI=1S/C24H23N3O.ClH/c1-16-3-5-17(6-4-16)18-10-12-27(24(28)13-18)19-7-8-20-21-9-11-25-15-23(21)26(2)22(20)14-19;/h3-8,10,12-14,25H,9,11,15H2,1-2H3;1H. The van der Waals surface area contributed by atoms with Gasteiger partial charge < -0.3 is 9.88 Å². The Morgan fingerprint density at radius 1 is 0.966 bits per heavy atom. The Balaban J connectivity index is 0.00000205. The summed E-state index contributed by atoms with van der Waals surface area (Å²) < 4.78 is 3.98. The first-order valence-electron chi connectivity index (χ1n) is 9.73. The molecule has 0 unspecified atom stereocenters. The van der Waals surface area contributed by atoms with Gasteiger partial charge in [0.2, 0.25) is 0 Å². The molecule has 3 heterocycles. The van der Waals surface area contributed by atoms with E-state index < -0.39 is 0 Å². The lowest BCUT2D eigenvalue weighted by atomic mass is 10.0. The number of aromatic nitrogens is 2. The third-order valence-electron chi connectivity index (χ3n) is 5.85. The predicted molar refractivity (Wildman–Crippen MR) is 121 cm³/mol. The second kappa shape index (κ2) is 7.54. The highest BCUT2D eigenvalue weighted by atomic mass is 35.5. The van der Waals surface area contributed by atoms with Gasteiger partial charge in [0.25, 0.3) is 5.56 Å². The summed E-state index contributed by atoms with van der Waals surface area (Å²) in [5, 5.41) is 4.75. The molecule has 148 valence electrons. The number of rotatable bonds is 2. The van der Waals surface area contributed by atoms with Crippen LogP contribution in [-0.2, 0) is 20.0 Å². The molecule has 2 aromatic heterocycles. The maximum absolute atomic E-state index is 12.8. The number of nitrogens with one attached hydrogen (secondary N) is 1. The van der Waals surface area contributed by atoms with Gasteiger partial charge in [-0.05, 0) is 54.8 Å². The quantitative estimate of drug-likeness (QED) is 0.537. The highest BCUT2D eigenvalue weighted by molar-refractivity contribution is 5.87. The van der Waals surface area contributed by atoms with Gasteiger partial charge >= 0.3 is 0 Å². The van der Waals surface area contributed by atoms with Crippen molar-refractivity contribution in [1.82, 2.24) is 14.5 Å². The minimum absolute atomic E-state index is 0. The summed E-state index contributed by atoms with van der Waals surface area (Å²) in [6.07, 6.45) is 2.93. The number of benzene rings is 2. The lowest BCUT2D eigenvalue weighted by Gasteiger charge is -2.14. The Morgan fingerprint density at radius 3 is 2.52 bits per heavy atom. The third-order valence-corrected chi connectivity index (χ3v) is 5.85. The zero-order valence-corrected chi connectivity index (χ0v) is 17.4. The van der Waals surface area contributed by atoms with E-state index in [4.69, 9.17) is 0 Å². The topological polar surface area (TPSA) is 39.0 Å². The first-order valence-corrected chi connectivity index (χ1v) is 9.73. The van der Waals surface area contributed by atoms with Crippen molar-refractivity contribution in [3.8, 4) is 16.8 Å². The normalized spacial score (nSPS) is 13.2. The van der Waals surface area contributed by atoms with E-state index >= 15 is 0 Å². The molecule has 0 fully saturated rings. The minimum atomic E-state index is -0.0157. The molecule has 2 aromatic carbocycles. The van der Waals surface area contributed by atoms with Gasteiger partial charge in [0.1, 0.15) is 0 Å². The van der Waals surface area contributed by atoms with Crippen molar-refractivity contribution in [3.05, 3.63) is 88.0 Å². The van der Waals surface area contributed by atoms with Gasteiger partial charge in [-0.3, -0.25) is 9.36 Å². The minimum Gasteiger partial charge on any atom is -0.346 e. The fourth-order valence-electron chi connectivity index (χ4n) is 4.25. The van der Waals surface area contributed by atoms with Gasteiger partial charge in [-0.1, -0.05) is 35.9 Å². The van der Waals surface area contributed by atoms with Crippen molar-refractivity contribution in [1.29, 1.82) is 0 Å². The van der Waals surface area contributed by atoms with Gasteiger partial charge in [-0.2, -0.15) is 0 Å². The van der Waals surface area contributed by atoms with Crippen LogP contribution in [0.3, 0.4) is 0 Å². The number of fused-ring (bicyclic) bond motifs is 3. The molecule has 1 aliphatic heterocycles. The Morgan fingerprint density at radius 2 is 1.76 bits per heavy atom. The van der Waals surface area contributed by atoms with E-state index in [-0.39, 0.29) is 18.0 Å². The maximum Gasteiger partial charge on any atom is 0.255 e. The van der Waals surface area contributed by atoms with Gasteiger partial charge in [0.05, 0.1) is 11.2 Å². The van der Waals surface area contributed by atoms with E-state index in [2.05, 4.69) is 66.3 Å². The summed E-state index contributed by atoms with van der Waals surface area (Å²) >= 11 is 0. The molecule has 0 bridgehead atoms. The van der Waals surface area contributed by atoms with Crippen LogP contribution in [0.4, 0.5) is 0 Å². The highest BCUT2D eigenvalue weighted by Gasteiger charge is 2.18. The summed E-state index contributed by atoms with van der Waals surface area (Å²) in [4.78, 5) is 12.8. The molecule has 0 saturated heterocycles. The summed E-state index contributed by atoms with van der Waals surface area (Å²) in [6.45, 7) is 3.99. The molecule has 1 aliphatic rings. The molecule has 5 heteroatoms. The Kier molecular flexibility index (Phi) is 5.07. The number of halogens is 1. The van der Waals surface area contributed by atoms with Gasteiger partial charge in [0, 0.05) is 36.9 Å². The van der Waals surface area contributed by atoms with E-state index in [0.717, 1.165) is 36.3 Å². The van der Waals surface area contributed by atoms with Crippen LogP contribution >= 0.6 is 12.4 Å². The van der Waals surface area contributed by atoms with Crippen molar-refractivity contribution >= 4 is 23.3 Å². The molecule has 0 radical (unpaired) electrons. The molecule has 4 nitrogen and oxygen atoms in total. The number of hydrogen-bond acceptors (Lipinski definition) is 2. The van der Waals surface area contributed by atoms with Crippen LogP contribution in [0.25, 0.3) is 27.7 Å². The Hall–Kier alpha value is -2.82. The van der Waals surface area contributed by atoms with Crippen molar-refractivity contribution < 1.29 is 0 Å². The molecule has 4 aromatic rings. The summed E-state index contributed by atoms with van der Waals surface area (Å²) in [6, 6.07) is 18.3. The molecule has 0 saturated carbocycles. The van der Waals surface area contributed by atoms with Crippen LogP contribution in [-0.4, -0.2) is 15.7 Å². The third kappa shape index (κ3) is 3.28. The summed E-state index contributed by atoms with van der Waals surface area (Å²) in [5.41, 5.74) is 8.07. The van der Waals surface area contributed by atoms with E-state index in [0.29, 0.717) is 0 Å². The van der Waals surface area contributed by atoms with Crippen LogP contribution in [0.2, 0.25) is 0 Å². The van der Waals surface area contributed by atoms with Crippen LogP contribution in [0.15, 0.2) is 65.6 Å². The number of pyridine rings is 1. The first-order chi connectivity index (χ1) is 13.6. The zero-order chi connectivity index (χ0) is 19.3. The fourth-order valence-corrected chi connectivity index (χ4v) is 4.25. The number of aryl methyl sites for hydroxylation is 2. The Labute approximate surface area is 176 Å². The highest BCUT2D eigenvalue weighted by Crippen LogP contribution is 2.29. The number of hydrogen-bond donors (Lipinski definition) is 1. The molecule has 0 spiro atoms. The molecule has 1 N–H and O–H groups in total. The second-order valence-corrected chi connectivity index (χ2v) is 7.60. The molecule has 5 rings (SSSR count). The van der Waals surface area contributed by atoms with Crippen LogP contribution < -0.4 is 10.9 Å². The average Bonchev–Trinajstić information content (AvgIpc) is 3.01.